The van der Waals surface area contributed by atoms with Crippen LogP contribution in [0.2, 0.25) is 5.02 Å². The molecule has 1 amide bonds. The van der Waals surface area contributed by atoms with Gasteiger partial charge in [0.1, 0.15) is 5.01 Å². The topological polar surface area (TPSA) is 51.2 Å². The van der Waals surface area contributed by atoms with Crippen molar-refractivity contribution in [3.8, 4) is 10.6 Å². The molecule has 0 aliphatic rings. The molecule has 0 saturated heterocycles. The van der Waals surface area contributed by atoms with Gasteiger partial charge >= 0.3 is 6.09 Å². The standard InChI is InChI=1S/C13H13ClN2O2S/c1-18-13(17)15-7-6-11-8-19-12(16-11)9-2-4-10(14)5-3-9/h2-5,8H,6-7H2,1H3,(H,15,17). The highest BCUT2D eigenvalue weighted by molar-refractivity contribution is 7.13. The Morgan fingerprint density at radius 2 is 2.16 bits per heavy atom. The number of hydrogen-bond acceptors (Lipinski definition) is 4. The van der Waals surface area contributed by atoms with Crippen molar-refractivity contribution in [2.75, 3.05) is 13.7 Å². The van der Waals surface area contributed by atoms with Crippen LogP contribution in [0.1, 0.15) is 5.69 Å². The molecule has 19 heavy (non-hydrogen) atoms. The quantitative estimate of drug-likeness (QED) is 0.941. The Hall–Kier alpha value is -1.59. The molecule has 1 heterocycles. The molecule has 0 bridgehead atoms. The average Bonchev–Trinajstić information content (AvgIpc) is 2.88. The number of hydrogen-bond donors (Lipinski definition) is 1. The third-order valence-electron chi connectivity index (χ3n) is 2.48. The summed E-state index contributed by atoms with van der Waals surface area (Å²) in [5, 5.41) is 6.27. The van der Waals surface area contributed by atoms with E-state index in [0.29, 0.717) is 18.0 Å². The van der Waals surface area contributed by atoms with Crippen molar-refractivity contribution in [2.24, 2.45) is 0 Å². The Kier molecular flexibility index (Phi) is 4.76. The molecular formula is C13H13ClN2O2S. The normalized spacial score (nSPS) is 10.2. The third kappa shape index (κ3) is 3.94. The molecule has 1 N–H and O–H groups in total. The monoisotopic (exact) mass is 296 g/mol. The van der Waals surface area contributed by atoms with Crippen molar-refractivity contribution in [1.29, 1.82) is 0 Å². The molecule has 0 aliphatic carbocycles. The van der Waals surface area contributed by atoms with Crippen molar-refractivity contribution in [2.45, 2.75) is 6.42 Å². The number of halogens is 1. The number of rotatable bonds is 4. The van der Waals surface area contributed by atoms with Crippen molar-refractivity contribution in [3.63, 3.8) is 0 Å². The number of ether oxygens (including phenoxy) is 1. The number of methoxy groups -OCH3 is 1. The van der Waals surface area contributed by atoms with Crippen molar-refractivity contribution in [1.82, 2.24) is 10.3 Å². The number of thiazole rings is 1. The first-order valence-corrected chi connectivity index (χ1v) is 6.97. The van der Waals surface area contributed by atoms with E-state index in [4.69, 9.17) is 11.6 Å². The highest BCUT2D eigenvalue weighted by atomic mass is 35.5. The molecule has 1 aromatic heterocycles. The van der Waals surface area contributed by atoms with Crippen LogP contribution >= 0.6 is 22.9 Å². The number of carbonyl (C=O) groups is 1. The van der Waals surface area contributed by atoms with Gasteiger partial charge in [0, 0.05) is 28.9 Å². The highest BCUT2D eigenvalue weighted by Gasteiger charge is 2.05. The highest BCUT2D eigenvalue weighted by Crippen LogP contribution is 2.25. The molecule has 0 atom stereocenters. The maximum Gasteiger partial charge on any atom is 0.406 e. The summed E-state index contributed by atoms with van der Waals surface area (Å²) < 4.78 is 4.49. The van der Waals surface area contributed by atoms with Crippen LogP contribution in [0.25, 0.3) is 10.6 Å². The summed E-state index contributed by atoms with van der Waals surface area (Å²) >= 11 is 7.42. The zero-order valence-electron chi connectivity index (χ0n) is 10.4. The fourth-order valence-electron chi connectivity index (χ4n) is 1.51. The van der Waals surface area contributed by atoms with Crippen LogP contribution in [0.5, 0.6) is 0 Å². The van der Waals surface area contributed by atoms with Gasteiger partial charge in [0.15, 0.2) is 0 Å². The largest absolute Gasteiger partial charge is 0.453 e. The van der Waals surface area contributed by atoms with Crippen LogP contribution in [0.4, 0.5) is 4.79 Å². The zero-order valence-corrected chi connectivity index (χ0v) is 11.9. The SMILES string of the molecule is COC(=O)NCCc1csc(-c2ccc(Cl)cc2)n1. The van der Waals surface area contributed by atoms with Crippen LogP contribution < -0.4 is 5.32 Å². The van der Waals surface area contributed by atoms with E-state index >= 15 is 0 Å². The average molecular weight is 297 g/mol. The van der Waals surface area contributed by atoms with Crippen molar-refractivity contribution < 1.29 is 9.53 Å². The first-order chi connectivity index (χ1) is 9.19. The maximum atomic E-state index is 10.9. The first kappa shape index (κ1) is 13.8. The molecule has 0 unspecified atom stereocenters. The summed E-state index contributed by atoms with van der Waals surface area (Å²) in [5.74, 6) is 0. The molecule has 6 heteroatoms. The lowest BCUT2D eigenvalue weighted by atomic mass is 10.2. The van der Waals surface area contributed by atoms with E-state index in [1.54, 1.807) is 11.3 Å². The molecule has 1 aromatic carbocycles. The second kappa shape index (κ2) is 6.54. The second-order valence-corrected chi connectivity index (χ2v) is 5.11. The minimum atomic E-state index is -0.423. The Balaban J connectivity index is 1.95. The molecule has 0 saturated carbocycles. The number of alkyl carbamates (subject to hydrolysis) is 1. The molecule has 0 fully saturated rings. The number of benzene rings is 1. The van der Waals surface area contributed by atoms with E-state index in [9.17, 15) is 4.79 Å². The summed E-state index contributed by atoms with van der Waals surface area (Å²) in [6, 6.07) is 7.57. The predicted octanol–water partition coefficient (Wildman–Crippen LogP) is 3.36. The zero-order chi connectivity index (χ0) is 13.7. The summed E-state index contributed by atoms with van der Waals surface area (Å²) in [6.45, 7) is 0.510. The van der Waals surface area contributed by atoms with Gasteiger partial charge in [0.2, 0.25) is 0 Å². The fourth-order valence-corrected chi connectivity index (χ4v) is 2.50. The van der Waals surface area contributed by atoms with E-state index < -0.39 is 6.09 Å². The number of amides is 1. The summed E-state index contributed by atoms with van der Waals surface area (Å²) in [6.07, 6.45) is 0.257. The Morgan fingerprint density at radius 3 is 2.84 bits per heavy atom. The Bertz CT molecular complexity index is 554. The van der Waals surface area contributed by atoms with Crippen LogP contribution in [0, 0.1) is 0 Å². The molecule has 2 rings (SSSR count). The molecule has 0 spiro atoms. The van der Waals surface area contributed by atoms with Crippen LogP contribution in [-0.4, -0.2) is 24.7 Å². The number of nitrogens with one attached hydrogen (secondary N) is 1. The maximum absolute atomic E-state index is 10.9. The van der Waals surface area contributed by atoms with Crippen LogP contribution in [-0.2, 0) is 11.2 Å². The number of aromatic nitrogens is 1. The minimum absolute atomic E-state index is 0.423. The molecule has 2 aromatic rings. The third-order valence-corrected chi connectivity index (χ3v) is 3.67. The van der Waals surface area contributed by atoms with E-state index in [2.05, 4.69) is 15.0 Å². The van der Waals surface area contributed by atoms with Gasteiger partial charge in [-0.25, -0.2) is 9.78 Å². The Labute approximate surface area is 120 Å². The fraction of sp³-hybridized carbons (Fsp3) is 0.231. The van der Waals surface area contributed by atoms with Crippen molar-refractivity contribution in [3.05, 3.63) is 40.4 Å². The van der Waals surface area contributed by atoms with Gasteiger partial charge in [-0.05, 0) is 12.1 Å². The van der Waals surface area contributed by atoms with Gasteiger partial charge in [-0.3, -0.25) is 0 Å². The molecule has 4 nitrogen and oxygen atoms in total. The van der Waals surface area contributed by atoms with Crippen LogP contribution in [0.3, 0.4) is 0 Å². The van der Waals surface area contributed by atoms with Crippen LogP contribution in [0.15, 0.2) is 29.6 Å². The van der Waals surface area contributed by atoms with E-state index in [1.807, 2.05) is 29.6 Å². The van der Waals surface area contributed by atoms with Crippen molar-refractivity contribution >= 4 is 29.0 Å². The van der Waals surface area contributed by atoms with Gasteiger partial charge < -0.3 is 10.1 Å². The van der Waals surface area contributed by atoms with E-state index in [-0.39, 0.29) is 0 Å². The minimum Gasteiger partial charge on any atom is -0.453 e. The lowest BCUT2D eigenvalue weighted by molar-refractivity contribution is 0.171. The number of carbonyl (C=O) groups excluding carboxylic acids is 1. The second-order valence-electron chi connectivity index (χ2n) is 3.82. The number of nitrogens with zero attached hydrogens (tertiary/aromatic N) is 1. The first-order valence-electron chi connectivity index (χ1n) is 5.71. The summed E-state index contributed by atoms with van der Waals surface area (Å²) in [5.41, 5.74) is 1.99. The molecular weight excluding hydrogens is 284 g/mol. The Morgan fingerprint density at radius 1 is 1.42 bits per heavy atom. The molecule has 100 valence electrons. The summed E-state index contributed by atoms with van der Waals surface area (Å²) in [4.78, 5) is 15.4. The lowest BCUT2D eigenvalue weighted by Crippen LogP contribution is -2.25. The van der Waals surface area contributed by atoms with Gasteiger partial charge in [0.25, 0.3) is 0 Å². The van der Waals surface area contributed by atoms with E-state index in [0.717, 1.165) is 16.3 Å². The molecule has 0 aliphatic heterocycles. The van der Waals surface area contributed by atoms with Gasteiger partial charge in [0.05, 0.1) is 12.8 Å². The predicted molar refractivity (Wildman–Crippen MR) is 76.7 cm³/mol. The molecule has 0 radical (unpaired) electrons. The van der Waals surface area contributed by atoms with Gasteiger partial charge in [-0.15, -0.1) is 11.3 Å². The van der Waals surface area contributed by atoms with Gasteiger partial charge in [-0.1, -0.05) is 23.7 Å². The van der Waals surface area contributed by atoms with Gasteiger partial charge in [-0.2, -0.15) is 0 Å². The lowest BCUT2D eigenvalue weighted by Gasteiger charge is -2.01. The summed E-state index contributed by atoms with van der Waals surface area (Å²) in [7, 11) is 1.34. The smallest absolute Gasteiger partial charge is 0.406 e. The van der Waals surface area contributed by atoms with E-state index in [1.165, 1.54) is 7.11 Å².